The van der Waals surface area contributed by atoms with Gasteiger partial charge in [-0.2, -0.15) is 4.98 Å². The molecule has 1 aromatic rings. The molecule has 1 aromatic heterocycles. The molecule has 0 saturated carbocycles. The Morgan fingerprint density at radius 2 is 2.30 bits per heavy atom. The highest BCUT2D eigenvalue weighted by Gasteiger charge is 1.98. The van der Waals surface area contributed by atoms with Crippen LogP contribution in [-0.4, -0.2) is 17.1 Å². The Morgan fingerprint density at radius 3 is 2.80 bits per heavy atom. The number of rotatable bonds is 1. The van der Waals surface area contributed by atoms with Gasteiger partial charge in [-0.15, -0.1) is 0 Å². The summed E-state index contributed by atoms with van der Waals surface area (Å²) in [7, 11) is 1.54. The first kappa shape index (κ1) is 8.00. The summed E-state index contributed by atoms with van der Waals surface area (Å²) in [6.07, 6.45) is 0. The van der Waals surface area contributed by atoms with E-state index in [2.05, 4.69) is 9.97 Å². The number of aromatic nitrogens is 2. The van der Waals surface area contributed by atoms with Gasteiger partial charge < -0.3 is 4.74 Å². The Morgan fingerprint density at radius 1 is 1.60 bits per heavy atom. The Labute approximate surface area is 76.9 Å². The fourth-order valence-electron chi connectivity index (χ4n) is 0.475. The summed E-state index contributed by atoms with van der Waals surface area (Å²) in [5.41, 5.74) is 0. The third kappa shape index (κ3) is 1.95. The Hall–Kier alpha value is -0.100. The van der Waals surface area contributed by atoms with E-state index in [9.17, 15) is 0 Å². The van der Waals surface area contributed by atoms with Crippen molar-refractivity contribution in [1.29, 1.82) is 0 Å². The minimum Gasteiger partial charge on any atom is -0.481 e. The van der Waals surface area contributed by atoms with Crippen LogP contribution in [0.4, 0.5) is 0 Å². The summed E-state index contributed by atoms with van der Waals surface area (Å²) < 4.78 is 5.42. The van der Waals surface area contributed by atoms with Gasteiger partial charge in [-0.1, -0.05) is 11.6 Å². The molecule has 1 heterocycles. The van der Waals surface area contributed by atoms with E-state index < -0.39 is 0 Å². The van der Waals surface area contributed by atoms with E-state index in [1.807, 2.05) is 22.6 Å². The van der Waals surface area contributed by atoms with Crippen molar-refractivity contribution in [3.63, 3.8) is 0 Å². The van der Waals surface area contributed by atoms with E-state index in [0.29, 0.717) is 14.9 Å². The molecule has 0 bridgehead atoms. The van der Waals surface area contributed by atoms with Gasteiger partial charge >= 0.3 is 0 Å². The smallest absolute Gasteiger partial charge is 0.218 e. The fraction of sp³-hybridized carbons (Fsp3) is 0.200. The number of halogens is 2. The lowest BCUT2D eigenvalue weighted by Crippen LogP contribution is -1.92. The second-order valence-electron chi connectivity index (χ2n) is 1.50. The van der Waals surface area contributed by atoms with E-state index in [1.165, 1.54) is 7.11 Å². The Kier molecular flexibility index (Phi) is 2.67. The Bertz CT molecular complexity index is 223. The van der Waals surface area contributed by atoms with Crippen molar-refractivity contribution in [3.8, 4) is 5.88 Å². The molecule has 0 amide bonds. The summed E-state index contributed by atoms with van der Waals surface area (Å²) >= 11 is 7.56. The maximum atomic E-state index is 5.59. The van der Waals surface area contributed by atoms with Crippen LogP contribution in [0.25, 0.3) is 0 Å². The molecule has 1 rings (SSSR count). The summed E-state index contributed by atoms with van der Waals surface area (Å²) in [4.78, 5) is 7.76. The van der Waals surface area contributed by atoms with Gasteiger partial charge in [0.05, 0.1) is 7.11 Å². The quantitative estimate of drug-likeness (QED) is 0.443. The van der Waals surface area contributed by atoms with Crippen LogP contribution in [0.15, 0.2) is 6.07 Å². The van der Waals surface area contributed by atoms with Crippen LogP contribution >= 0.6 is 34.2 Å². The molecule has 0 atom stereocenters. The van der Waals surface area contributed by atoms with Crippen molar-refractivity contribution in [2.24, 2.45) is 0 Å². The van der Waals surface area contributed by atoms with Crippen molar-refractivity contribution < 1.29 is 4.74 Å². The number of nitrogens with zero attached hydrogens (tertiary/aromatic N) is 2. The highest BCUT2D eigenvalue weighted by Crippen LogP contribution is 2.13. The normalized spacial score (nSPS) is 9.50. The van der Waals surface area contributed by atoms with Gasteiger partial charge in [0.15, 0.2) is 3.83 Å². The molecule has 0 aliphatic rings. The number of ether oxygens (including phenoxy) is 1. The summed E-state index contributed by atoms with van der Waals surface area (Å²) in [6.45, 7) is 0. The van der Waals surface area contributed by atoms with Crippen molar-refractivity contribution >= 4 is 34.2 Å². The van der Waals surface area contributed by atoms with E-state index >= 15 is 0 Å². The van der Waals surface area contributed by atoms with Gasteiger partial charge in [0.1, 0.15) is 5.15 Å². The topological polar surface area (TPSA) is 35.0 Å². The lowest BCUT2D eigenvalue weighted by molar-refractivity contribution is 0.395. The molecule has 0 aromatic carbocycles. The van der Waals surface area contributed by atoms with Crippen LogP contribution in [0.1, 0.15) is 0 Å². The predicted octanol–water partition coefficient (Wildman–Crippen LogP) is 1.74. The summed E-state index contributed by atoms with van der Waals surface area (Å²) in [5.74, 6) is 0.490. The molecule has 0 unspecified atom stereocenters. The molecular weight excluding hydrogens is 266 g/mol. The van der Waals surface area contributed by atoms with Gasteiger partial charge in [0.25, 0.3) is 0 Å². The fourth-order valence-corrected chi connectivity index (χ4v) is 1.29. The largest absolute Gasteiger partial charge is 0.481 e. The molecule has 0 saturated heterocycles. The van der Waals surface area contributed by atoms with Crippen LogP contribution in [0.5, 0.6) is 5.88 Å². The first-order valence-electron chi connectivity index (χ1n) is 2.46. The van der Waals surface area contributed by atoms with Gasteiger partial charge in [-0.25, -0.2) is 4.98 Å². The molecule has 0 radical (unpaired) electrons. The van der Waals surface area contributed by atoms with E-state index in [-0.39, 0.29) is 0 Å². The van der Waals surface area contributed by atoms with E-state index in [1.54, 1.807) is 6.07 Å². The van der Waals surface area contributed by atoms with Crippen molar-refractivity contribution in [1.82, 2.24) is 9.97 Å². The van der Waals surface area contributed by atoms with Crippen LogP contribution in [0.2, 0.25) is 5.15 Å². The average Bonchev–Trinajstić information content (AvgIpc) is 1.85. The van der Waals surface area contributed by atoms with Gasteiger partial charge in [0.2, 0.25) is 5.88 Å². The number of hydrogen-bond acceptors (Lipinski definition) is 3. The molecular formula is C5H4ClIN2O. The Balaban J connectivity index is 3.06. The van der Waals surface area contributed by atoms with Gasteiger partial charge in [-0.3, -0.25) is 0 Å². The van der Waals surface area contributed by atoms with E-state index in [4.69, 9.17) is 16.3 Å². The zero-order valence-corrected chi connectivity index (χ0v) is 8.05. The molecule has 0 N–H and O–H groups in total. The minimum absolute atomic E-state index is 0.399. The first-order chi connectivity index (χ1) is 4.72. The molecule has 0 fully saturated rings. The molecule has 0 spiro atoms. The first-order valence-corrected chi connectivity index (χ1v) is 3.92. The lowest BCUT2D eigenvalue weighted by atomic mass is 10.6. The highest BCUT2D eigenvalue weighted by atomic mass is 127. The lowest BCUT2D eigenvalue weighted by Gasteiger charge is -1.97. The number of methoxy groups -OCH3 is 1. The standard InChI is InChI=1S/C5H4ClIN2O/c1-10-4-2-3(6)8-5(7)9-4/h2H,1H3. The average molecular weight is 270 g/mol. The van der Waals surface area contributed by atoms with Crippen molar-refractivity contribution in [2.75, 3.05) is 7.11 Å². The van der Waals surface area contributed by atoms with Crippen LogP contribution < -0.4 is 4.74 Å². The van der Waals surface area contributed by atoms with Crippen LogP contribution in [-0.2, 0) is 0 Å². The van der Waals surface area contributed by atoms with Crippen LogP contribution in [0.3, 0.4) is 0 Å². The predicted molar refractivity (Wildman–Crippen MR) is 46.3 cm³/mol. The molecule has 3 nitrogen and oxygen atoms in total. The van der Waals surface area contributed by atoms with Crippen molar-refractivity contribution in [3.05, 3.63) is 15.1 Å². The minimum atomic E-state index is 0.399. The summed E-state index contributed by atoms with van der Waals surface area (Å²) in [6, 6.07) is 1.56. The number of hydrogen-bond donors (Lipinski definition) is 0. The van der Waals surface area contributed by atoms with E-state index in [0.717, 1.165) is 0 Å². The SMILES string of the molecule is COc1cc(Cl)nc(I)n1. The second kappa shape index (κ2) is 3.34. The molecule has 0 aliphatic heterocycles. The monoisotopic (exact) mass is 270 g/mol. The zero-order valence-electron chi connectivity index (χ0n) is 5.14. The molecule has 0 aliphatic carbocycles. The molecule has 10 heavy (non-hydrogen) atoms. The second-order valence-corrected chi connectivity index (χ2v) is 2.85. The van der Waals surface area contributed by atoms with Gasteiger partial charge in [0, 0.05) is 28.7 Å². The third-order valence-electron chi connectivity index (χ3n) is 0.853. The van der Waals surface area contributed by atoms with Gasteiger partial charge in [-0.05, 0) is 0 Å². The molecule has 54 valence electrons. The maximum Gasteiger partial charge on any atom is 0.218 e. The molecule has 5 heteroatoms. The summed E-state index contributed by atoms with van der Waals surface area (Å²) in [5, 5.41) is 0.399. The zero-order chi connectivity index (χ0) is 7.56. The van der Waals surface area contributed by atoms with Crippen molar-refractivity contribution in [2.45, 2.75) is 0 Å². The third-order valence-corrected chi connectivity index (χ3v) is 1.53. The maximum absolute atomic E-state index is 5.59. The van der Waals surface area contributed by atoms with Crippen LogP contribution in [0, 0.1) is 3.83 Å². The highest BCUT2D eigenvalue weighted by molar-refractivity contribution is 14.1.